The molecule has 6 heteroatoms. The van der Waals surface area contributed by atoms with Gasteiger partial charge in [0.1, 0.15) is 5.75 Å². The largest absolute Gasteiger partial charge is 1.00 e. The second-order valence-corrected chi connectivity index (χ2v) is 8.55. The van der Waals surface area contributed by atoms with Crippen LogP contribution in [0.4, 0.5) is 0 Å². The number of aromatic carboxylic acids is 1. The molecule has 2 aromatic carbocycles. The molecule has 1 aromatic heterocycles. The summed E-state index contributed by atoms with van der Waals surface area (Å²) in [6.45, 7) is 2.74. The Morgan fingerprint density at radius 1 is 1.13 bits per heavy atom. The Labute approximate surface area is 207 Å². The summed E-state index contributed by atoms with van der Waals surface area (Å²) in [4.78, 5) is 11.3. The number of rotatable bonds is 6. The standard InChI is InChI=1S/C24H24BrNO3.Na/c1-16-9-11-22(26(16)20-8-4-7-18(13-20)24(27)28)21-14-19(25)10-12-23(21)29-15-17-5-2-3-6-17;/h4,7-14,17H,2-3,5-6,15H2,1H3,(H,27,28);/q;+1/p-1. The molecule has 1 fully saturated rings. The number of ether oxygens (including phenoxy) is 1. The minimum absolute atomic E-state index is 0. The van der Waals surface area contributed by atoms with Crippen molar-refractivity contribution in [3.63, 3.8) is 0 Å². The van der Waals surface area contributed by atoms with Crippen LogP contribution in [0.1, 0.15) is 41.7 Å². The number of benzene rings is 2. The van der Waals surface area contributed by atoms with E-state index in [-0.39, 0.29) is 35.1 Å². The van der Waals surface area contributed by atoms with E-state index in [0.29, 0.717) is 5.92 Å². The van der Waals surface area contributed by atoms with E-state index in [4.69, 9.17) is 4.74 Å². The van der Waals surface area contributed by atoms with Crippen molar-refractivity contribution in [2.45, 2.75) is 32.6 Å². The third-order valence-electron chi connectivity index (χ3n) is 5.58. The molecule has 0 bridgehead atoms. The molecule has 0 unspecified atom stereocenters. The van der Waals surface area contributed by atoms with Gasteiger partial charge in [-0.1, -0.05) is 40.9 Å². The van der Waals surface area contributed by atoms with Gasteiger partial charge in [0.2, 0.25) is 0 Å². The van der Waals surface area contributed by atoms with E-state index in [0.717, 1.165) is 39.5 Å². The van der Waals surface area contributed by atoms with Crippen molar-refractivity contribution in [1.29, 1.82) is 0 Å². The Hall–Kier alpha value is -1.53. The molecule has 30 heavy (non-hydrogen) atoms. The van der Waals surface area contributed by atoms with Gasteiger partial charge in [-0.15, -0.1) is 0 Å². The fourth-order valence-electron chi connectivity index (χ4n) is 4.08. The van der Waals surface area contributed by atoms with Gasteiger partial charge in [-0.2, -0.15) is 0 Å². The quantitative estimate of drug-likeness (QED) is 0.513. The van der Waals surface area contributed by atoms with Gasteiger partial charge in [0.25, 0.3) is 0 Å². The molecule has 0 radical (unpaired) electrons. The first-order valence-corrected chi connectivity index (χ1v) is 10.7. The van der Waals surface area contributed by atoms with Gasteiger partial charge in [0, 0.05) is 21.4 Å². The van der Waals surface area contributed by atoms with Gasteiger partial charge in [0.05, 0.1) is 18.3 Å². The van der Waals surface area contributed by atoms with Crippen LogP contribution >= 0.6 is 15.9 Å². The van der Waals surface area contributed by atoms with E-state index in [1.54, 1.807) is 18.2 Å². The third-order valence-corrected chi connectivity index (χ3v) is 6.08. The maximum absolute atomic E-state index is 11.3. The van der Waals surface area contributed by atoms with Crippen molar-refractivity contribution < 1.29 is 44.2 Å². The van der Waals surface area contributed by atoms with Crippen molar-refractivity contribution in [2.75, 3.05) is 6.61 Å². The average Bonchev–Trinajstić information content (AvgIpc) is 3.36. The molecule has 0 atom stereocenters. The molecule has 4 nitrogen and oxygen atoms in total. The minimum atomic E-state index is -1.18. The summed E-state index contributed by atoms with van der Waals surface area (Å²) in [7, 11) is 0. The van der Waals surface area contributed by atoms with Crippen molar-refractivity contribution in [3.05, 3.63) is 70.3 Å². The second-order valence-electron chi connectivity index (χ2n) is 7.64. The number of hydrogen-bond donors (Lipinski definition) is 0. The Morgan fingerprint density at radius 3 is 2.63 bits per heavy atom. The predicted octanol–water partition coefficient (Wildman–Crippen LogP) is 2.15. The zero-order valence-electron chi connectivity index (χ0n) is 17.4. The molecule has 1 aliphatic rings. The molecule has 0 spiro atoms. The summed E-state index contributed by atoms with van der Waals surface area (Å²) in [6, 6.07) is 17.0. The molecule has 1 aliphatic carbocycles. The average molecular weight is 476 g/mol. The number of nitrogens with zero attached hydrogens (tertiary/aromatic N) is 1. The van der Waals surface area contributed by atoms with Crippen LogP contribution in [0.3, 0.4) is 0 Å². The molecule has 0 N–H and O–H groups in total. The third kappa shape index (κ3) is 5.02. The summed E-state index contributed by atoms with van der Waals surface area (Å²) in [6.07, 6.45) is 5.05. The van der Waals surface area contributed by atoms with Crippen molar-refractivity contribution >= 4 is 21.9 Å². The normalized spacial score (nSPS) is 13.8. The fourth-order valence-corrected chi connectivity index (χ4v) is 4.44. The van der Waals surface area contributed by atoms with E-state index < -0.39 is 5.97 Å². The number of aromatic nitrogens is 1. The first kappa shape index (κ1) is 23.1. The first-order chi connectivity index (χ1) is 14.0. The van der Waals surface area contributed by atoms with Gasteiger partial charge >= 0.3 is 29.6 Å². The Balaban J connectivity index is 0.00000256. The van der Waals surface area contributed by atoms with E-state index in [1.807, 2.05) is 37.3 Å². The van der Waals surface area contributed by atoms with Gasteiger partial charge in [-0.3, -0.25) is 0 Å². The maximum Gasteiger partial charge on any atom is 1.00 e. The number of carboxylic acid groups (broad SMARTS) is 1. The minimum Gasteiger partial charge on any atom is -0.545 e. The van der Waals surface area contributed by atoms with Gasteiger partial charge in [0.15, 0.2) is 0 Å². The maximum atomic E-state index is 11.3. The van der Waals surface area contributed by atoms with Crippen LogP contribution in [0.5, 0.6) is 5.75 Å². The number of carboxylic acids is 1. The number of hydrogen-bond acceptors (Lipinski definition) is 3. The molecule has 1 heterocycles. The Kier molecular flexibility index (Phi) is 7.86. The summed E-state index contributed by atoms with van der Waals surface area (Å²) >= 11 is 3.58. The van der Waals surface area contributed by atoms with Crippen molar-refractivity contribution in [3.8, 4) is 22.7 Å². The second kappa shape index (κ2) is 10.2. The molecule has 0 amide bonds. The molecule has 150 valence electrons. The van der Waals surface area contributed by atoms with Crippen LogP contribution in [0.25, 0.3) is 16.9 Å². The van der Waals surface area contributed by atoms with Crippen LogP contribution in [0.2, 0.25) is 0 Å². The summed E-state index contributed by atoms with van der Waals surface area (Å²) < 4.78 is 9.27. The Morgan fingerprint density at radius 2 is 1.90 bits per heavy atom. The molecule has 0 aliphatic heterocycles. The van der Waals surface area contributed by atoms with Crippen molar-refractivity contribution in [2.24, 2.45) is 5.92 Å². The van der Waals surface area contributed by atoms with Crippen LogP contribution in [0, 0.1) is 12.8 Å². The molecule has 0 saturated heterocycles. The smallest absolute Gasteiger partial charge is 0.545 e. The number of halogens is 1. The van der Waals surface area contributed by atoms with E-state index in [1.165, 1.54) is 25.7 Å². The Bertz CT molecular complexity index is 1040. The number of carbonyl (C=O) groups excluding carboxylic acids is 1. The zero-order valence-corrected chi connectivity index (χ0v) is 20.9. The summed E-state index contributed by atoms with van der Waals surface area (Å²) in [5.41, 5.74) is 3.89. The monoisotopic (exact) mass is 475 g/mol. The molecule has 3 aromatic rings. The first-order valence-electron chi connectivity index (χ1n) is 9.96. The summed E-state index contributed by atoms with van der Waals surface area (Å²) in [5, 5.41) is 11.3. The van der Waals surface area contributed by atoms with Crippen molar-refractivity contribution in [1.82, 2.24) is 4.57 Å². The van der Waals surface area contributed by atoms with E-state index >= 15 is 0 Å². The topological polar surface area (TPSA) is 54.3 Å². The fraction of sp³-hybridized carbons (Fsp3) is 0.292. The molecule has 1 saturated carbocycles. The van der Waals surface area contributed by atoms with Gasteiger partial charge < -0.3 is 19.2 Å². The van der Waals surface area contributed by atoms with Gasteiger partial charge in [-0.25, -0.2) is 0 Å². The van der Waals surface area contributed by atoms with Crippen LogP contribution in [0.15, 0.2) is 59.1 Å². The SMILES string of the molecule is Cc1ccc(-c2cc(Br)ccc2OCC2CCCC2)n1-c1cccc(C(=O)[O-])c1.[Na+]. The molecular weight excluding hydrogens is 453 g/mol. The van der Waals surface area contributed by atoms with Gasteiger partial charge in [-0.05, 0) is 73.7 Å². The van der Waals surface area contributed by atoms with E-state index in [9.17, 15) is 9.90 Å². The van der Waals surface area contributed by atoms with Crippen LogP contribution in [-0.2, 0) is 0 Å². The zero-order chi connectivity index (χ0) is 20.4. The summed E-state index contributed by atoms with van der Waals surface area (Å²) in [5.74, 6) is 0.288. The number of aryl methyl sites for hydroxylation is 1. The number of carbonyl (C=O) groups is 1. The predicted molar refractivity (Wildman–Crippen MR) is 115 cm³/mol. The van der Waals surface area contributed by atoms with Crippen LogP contribution in [-0.4, -0.2) is 17.1 Å². The molecular formula is C24H23BrNNaO3. The van der Waals surface area contributed by atoms with Crippen LogP contribution < -0.4 is 39.4 Å². The van der Waals surface area contributed by atoms with E-state index in [2.05, 4.69) is 26.6 Å². The molecule has 4 rings (SSSR count).